The number of rotatable bonds is 9. The van der Waals surface area contributed by atoms with Crippen LogP contribution in [0.25, 0.3) is 0 Å². The van der Waals surface area contributed by atoms with Crippen LogP contribution in [0, 0.1) is 5.92 Å². The predicted octanol–water partition coefficient (Wildman–Crippen LogP) is 3.50. The van der Waals surface area contributed by atoms with Gasteiger partial charge in [0.1, 0.15) is 0 Å². The summed E-state index contributed by atoms with van der Waals surface area (Å²) in [4.78, 5) is 4.33. The van der Waals surface area contributed by atoms with E-state index in [0.29, 0.717) is 0 Å². The average Bonchev–Trinajstić information content (AvgIpc) is 2.56. The normalized spacial score (nSPS) is 17.5. The van der Waals surface area contributed by atoms with Crippen molar-refractivity contribution in [3.8, 4) is 0 Å². The molecular formula is C19H32N2O. The van der Waals surface area contributed by atoms with Gasteiger partial charge in [0.05, 0.1) is 6.10 Å². The zero-order chi connectivity index (χ0) is 15.6. The highest BCUT2D eigenvalue weighted by atomic mass is 16.3. The summed E-state index contributed by atoms with van der Waals surface area (Å²) in [6.07, 6.45) is 12.6. The molecule has 0 spiro atoms. The van der Waals surface area contributed by atoms with Crippen LogP contribution in [-0.4, -0.2) is 29.3 Å². The number of nitrogens with zero attached hydrogens (tertiary/aromatic N) is 1. The lowest BCUT2D eigenvalue weighted by Gasteiger charge is -2.22. The van der Waals surface area contributed by atoms with E-state index in [0.717, 1.165) is 50.4 Å². The van der Waals surface area contributed by atoms with Gasteiger partial charge >= 0.3 is 0 Å². The Morgan fingerprint density at radius 1 is 1.32 bits per heavy atom. The van der Waals surface area contributed by atoms with E-state index in [9.17, 15) is 5.11 Å². The molecule has 1 aliphatic carbocycles. The minimum atomic E-state index is -0.212. The van der Waals surface area contributed by atoms with Crippen LogP contribution in [-0.2, 0) is 12.8 Å². The van der Waals surface area contributed by atoms with Crippen LogP contribution in [0.2, 0.25) is 0 Å². The van der Waals surface area contributed by atoms with Crippen molar-refractivity contribution in [2.24, 2.45) is 5.92 Å². The van der Waals surface area contributed by atoms with Crippen molar-refractivity contribution in [1.29, 1.82) is 0 Å². The van der Waals surface area contributed by atoms with Crippen molar-refractivity contribution >= 4 is 0 Å². The Bertz CT molecular complexity index is 416. The van der Waals surface area contributed by atoms with E-state index >= 15 is 0 Å². The van der Waals surface area contributed by atoms with E-state index in [-0.39, 0.29) is 6.10 Å². The smallest absolute Gasteiger partial charge is 0.0664 e. The molecule has 2 rings (SSSR count). The first kappa shape index (κ1) is 17.4. The Morgan fingerprint density at radius 3 is 2.91 bits per heavy atom. The van der Waals surface area contributed by atoms with Gasteiger partial charge in [0.15, 0.2) is 0 Å². The fraction of sp³-hybridized carbons (Fsp3) is 0.737. The van der Waals surface area contributed by atoms with E-state index in [1.54, 1.807) is 0 Å². The molecule has 3 heteroatoms. The predicted molar refractivity (Wildman–Crippen MR) is 92.0 cm³/mol. The largest absolute Gasteiger partial charge is 0.392 e. The zero-order valence-corrected chi connectivity index (χ0v) is 14.1. The second-order valence-corrected chi connectivity index (χ2v) is 6.72. The van der Waals surface area contributed by atoms with Crippen LogP contribution in [0.4, 0.5) is 0 Å². The summed E-state index contributed by atoms with van der Waals surface area (Å²) < 4.78 is 0. The van der Waals surface area contributed by atoms with E-state index < -0.39 is 0 Å². The summed E-state index contributed by atoms with van der Waals surface area (Å²) in [7, 11) is 0. The van der Waals surface area contributed by atoms with Gasteiger partial charge < -0.3 is 10.4 Å². The first-order valence-electron chi connectivity index (χ1n) is 9.10. The molecule has 0 radical (unpaired) electrons. The molecule has 1 atom stereocenters. The summed E-state index contributed by atoms with van der Waals surface area (Å²) in [6, 6.07) is 4.28. The van der Waals surface area contributed by atoms with Crippen LogP contribution < -0.4 is 5.32 Å². The molecule has 0 aliphatic heterocycles. The number of aryl methyl sites for hydroxylation is 2. The molecule has 1 fully saturated rings. The van der Waals surface area contributed by atoms with Gasteiger partial charge in [-0.25, -0.2) is 0 Å². The Labute approximate surface area is 135 Å². The molecule has 0 amide bonds. The molecule has 0 saturated heterocycles. The summed E-state index contributed by atoms with van der Waals surface area (Å²) >= 11 is 0. The van der Waals surface area contributed by atoms with E-state index in [2.05, 4.69) is 29.4 Å². The zero-order valence-electron chi connectivity index (χ0n) is 14.1. The SMILES string of the molecule is CCc1cc(CCC[C@@H](O)CNCC2CCCCC2)ccn1. The van der Waals surface area contributed by atoms with Gasteiger partial charge in [0, 0.05) is 18.4 Å². The van der Waals surface area contributed by atoms with Crippen LogP contribution in [0.3, 0.4) is 0 Å². The number of pyridine rings is 1. The topological polar surface area (TPSA) is 45.1 Å². The lowest BCUT2D eigenvalue weighted by molar-refractivity contribution is 0.156. The molecule has 1 heterocycles. The number of hydrogen-bond acceptors (Lipinski definition) is 3. The van der Waals surface area contributed by atoms with E-state index in [1.807, 2.05) is 6.20 Å². The summed E-state index contributed by atoms with van der Waals surface area (Å²) in [6.45, 7) is 3.96. The first-order chi connectivity index (χ1) is 10.8. The maximum Gasteiger partial charge on any atom is 0.0664 e. The maximum absolute atomic E-state index is 10.1. The van der Waals surface area contributed by atoms with Crippen LogP contribution in [0.15, 0.2) is 18.3 Å². The van der Waals surface area contributed by atoms with E-state index in [1.165, 1.54) is 37.7 Å². The Morgan fingerprint density at radius 2 is 2.14 bits per heavy atom. The van der Waals surface area contributed by atoms with Gasteiger partial charge in [-0.05, 0) is 68.7 Å². The Balaban J connectivity index is 1.56. The Hall–Kier alpha value is -0.930. The third kappa shape index (κ3) is 6.45. The third-order valence-electron chi connectivity index (χ3n) is 4.78. The van der Waals surface area contributed by atoms with Crippen molar-refractivity contribution < 1.29 is 5.11 Å². The van der Waals surface area contributed by atoms with Crippen molar-refractivity contribution in [3.05, 3.63) is 29.6 Å². The number of nitrogens with one attached hydrogen (secondary N) is 1. The molecule has 0 aromatic carbocycles. The minimum absolute atomic E-state index is 0.212. The first-order valence-corrected chi connectivity index (χ1v) is 9.10. The molecule has 2 N–H and O–H groups in total. The lowest BCUT2D eigenvalue weighted by atomic mass is 9.89. The highest BCUT2D eigenvalue weighted by Crippen LogP contribution is 2.22. The molecular weight excluding hydrogens is 272 g/mol. The highest BCUT2D eigenvalue weighted by Gasteiger charge is 2.13. The van der Waals surface area contributed by atoms with Crippen LogP contribution in [0.5, 0.6) is 0 Å². The minimum Gasteiger partial charge on any atom is -0.392 e. The summed E-state index contributed by atoms with van der Waals surface area (Å²) in [5, 5.41) is 13.5. The number of hydrogen-bond donors (Lipinski definition) is 2. The van der Waals surface area contributed by atoms with Gasteiger partial charge in [-0.15, -0.1) is 0 Å². The summed E-state index contributed by atoms with van der Waals surface area (Å²) in [5.41, 5.74) is 2.50. The lowest BCUT2D eigenvalue weighted by Crippen LogP contribution is -2.31. The standard InChI is InChI=1S/C19H32N2O/c1-2-18-13-16(11-12-21-18)9-6-10-19(22)15-20-14-17-7-4-3-5-8-17/h11-13,17,19-20,22H,2-10,14-15H2,1H3/t19-/m1/s1. The van der Waals surface area contributed by atoms with Gasteiger partial charge in [0.2, 0.25) is 0 Å². The maximum atomic E-state index is 10.1. The highest BCUT2D eigenvalue weighted by molar-refractivity contribution is 5.16. The quantitative estimate of drug-likeness (QED) is 0.734. The summed E-state index contributed by atoms with van der Waals surface area (Å²) in [5.74, 6) is 0.838. The average molecular weight is 304 g/mol. The molecule has 1 aromatic rings. The molecule has 0 bridgehead atoms. The fourth-order valence-corrected chi connectivity index (χ4v) is 3.37. The molecule has 0 unspecified atom stereocenters. The number of aliphatic hydroxyl groups excluding tert-OH is 1. The van der Waals surface area contributed by atoms with Gasteiger partial charge in [-0.1, -0.05) is 26.2 Å². The van der Waals surface area contributed by atoms with Crippen molar-refractivity contribution in [3.63, 3.8) is 0 Å². The number of aliphatic hydroxyl groups is 1. The molecule has 3 nitrogen and oxygen atoms in total. The third-order valence-corrected chi connectivity index (χ3v) is 4.78. The van der Waals surface area contributed by atoms with Gasteiger partial charge in [0.25, 0.3) is 0 Å². The number of aromatic nitrogens is 1. The van der Waals surface area contributed by atoms with Gasteiger partial charge in [-0.2, -0.15) is 0 Å². The molecule has 1 aromatic heterocycles. The van der Waals surface area contributed by atoms with Crippen LogP contribution >= 0.6 is 0 Å². The molecule has 1 saturated carbocycles. The molecule has 124 valence electrons. The molecule has 1 aliphatic rings. The van der Waals surface area contributed by atoms with Crippen molar-refractivity contribution in [1.82, 2.24) is 10.3 Å². The second kappa shape index (κ2) is 9.96. The van der Waals surface area contributed by atoms with Crippen molar-refractivity contribution in [2.75, 3.05) is 13.1 Å². The second-order valence-electron chi connectivity index (χ2n) is 6.72. The van der Waals surface area contributed by atoms with Crippen molar-refractivity contribution in [2.45, 2.75) is 70.8 Å². The van der Waals surface area contributed by atoms with Crippen LogP contribution in [0.1, 0.15) is 63.1 Å². The Kier molecular flexibility index (Phi) is 7.89. The fourth-order valence-electron chi connectivity index (χ4n) is 3.37. The van der Waals surface area contributed by atoms with E-state index in [4.69, 9.17) is 0 Å². The van der Waals surface area contributed by atoms with Gasteiger partial charge in [-0.3, -0.25) is 4.98 Å². The monoisotopic (exact) mass is 304 g/mol. The molecule has 22 heavy (non-hydrogen) atoms.